The van der Waals surface area contributed by atoms with Gasteiger partial charge in [0.1, 0.15) is 34.5 Å². The fourth-order valence-corrected chi connectivity index (χ4v) is 4.02. The minimum Gasteiger partial charge on any atom is -0.496 e. The Hall–Kier alpha value is -3.89. The number of ether oxygens (including phenoxy) is 3. The minimum atomic E-state index is -0.552. The van der Waals surface area contributed by atoms with E-state index >= 15 is 0 Å². The number of esters is 1. The third kappa shape index (κ3) is 4.01. The number of nitriles is 1. The number of hydrogen-bond donors (Lipinski definition) is 1. The van der Waals surface area contributed by atoms with Crippen LogP contribution in [0.15, 0.2) is 83.1 Å². The molecule has 1 aliphatic rings. The number of carbonyl (C=O) groups excluding carboxylic acids is 1. The van der Waals surface area contributed by atoms with Gasteiger partial charge in [0.25, 0.3) is 0 Å². The van der Waals surface area contributed by atoms with Crippen molar-refractivity contribution in [3.05, 3.63) is 94.9 Å². The number of thioether (sulfide) groups is 1. The molecule has 4 rings (SSSR count). The van der Waals surface area contributed by atoms with Crippen LogP contribution in [0.3, 0.4) is 0 Å². The highest BCUT2D eigenvalue weighted by atomic mass is 32.2. The van der Waals surface area contributed by atoms with E-state index in [0.717, 1.165) is 16.0 Å². The van der Waals surface area contributed by atoms with Crippen LogP contribution < -0.4 is 19.9 Å². The Morgan fingerprint density at radius 1 is 1.12 bits per heavy atom. The molecule has 32 heavy (non-hydrogen) atoms. The summed E-state index contributed by atoms with van der Waals surface area (Å²) in [4.78, 5) is 13.8. The number of nitrogens with zero attached hydrogens (tertiary/aromatic N) is 1. The van der Waals surface area contributed by atoms with Gasteiger partial charge in [-0.05, 0) is 42.2 Å². The standard InChI is InChI=1S/C25H20N2O4S/c1-29-21-6-4-3-5-19(21)25(28)30-16-9-12-18-22(13-16)31-24(27)20(14-26)23(18)15-7-10-17(32-2)11-8-15/h3-13,23H,27H2,1-2H3. The molecule has 1 aliphatic heterocycles. The summed E-state index contributed by atoms with van der Waals surface area (Å²) in [6.07, 6.45) is 2.01. The molecule has 0 amide bonds. The fourth-order valence-electron chi connectivity index (χ4n) is 3.61. The number of hydrogen-bond acceptors (Lipinski definition) is 7. The maximum Gasteiger partial charge on any atom is 0.347 e. The summed E-state index contributed by atoms with van der Waals surface area (Å²) in [5, 5.41) is 9.72. The molecule has 6 nitrogen and oxygen atoms in total. The lowest BCUT2D eigenvalue weighted by atomic mass is 9.83. The third-order valence-corrected chi connectivity index (χ3v) is 5.92. The molecular formula is C25H20N2O4S. The topological polar surface area (TPSA) is 94.6 Å². The zero-order valence-electron chi connectivity index (χ0n) is 17.5. The SMILES string of the molecule is COc1ccccc1C(=O)Oc1ccc2c(c1)OC(N)=C(C#N)C2c1ccc(SC)cc1. The van der Waals surface area contributed by atoms with Crippen LogP contribution in [-0.2, 0) is 0 Å². The molecule has 3 aromatic carbocycles. The molecule has 1 heterocycles. The van der Waals surface area contributed by atoms with E-state index in [1.54, 1.807) is 54.2 Å². The average Bonchev–Trinajstić information content (AvgIpc) is 2.83. The summed E-state index contributed by atoms with van der Waals surface area (Å²) in [6, 6.07) is 22.0. The monoisotopic (exact) mass is 444 g/mol. The smallest absolute Gasteiger partial charge is 0.347 e. The first kappa shape index (κ1) is 21.3. The van der Waals surface area contributed by atoms with E-state index in [1.807, 2.05) is 30.5 Å². The largest absolute Gasteiger partial charge is 0.496 e. The number of fused-ring (bicyclic) bond motifs is 1. The summed E-state index contributed by atoms with van der Waals surface area (Å²) < 4.78 is 16.5. The average molecular weight is 445 g/mol. The van der Waals surface area contributed by atoms with Gasteiger partial charge < -0.3 is 19.9 Å². The van der Waals surface area contributed by atoms with Gasteiger partial charge in [-0.3, -0.25) is 0 Å². The van der Waals surface area contributed by atoms with Crippen molar-refractivity contribution in [2.45, 2.75) is 10.8 Å². The van der Waals surface area contributed by atoms with Crippen LogP contribution in [0.4, 0.5) is 0 Å². The van der Waals surface area contributed by atoms with Crippen molar-refractivity contribution >= 4 is 17.7 Å². The van der Waals surface area contributed by atoms with Gasteiger partial charge in [0.15, 0.2) is 0 Å². The maximum atomic E-state index is 12.6. The van der Waals surface area contributed by atoms with Crippen LogP contribution in [0.2, 0.25) is 0 Å². The summed E-state index contributed by atoms with van der Waals surface area (Å²) in [6.45, 7) is 0. The van der Waals surface area contributed by atoms with Crippen molar-refractivity contribution in [1.82, 2.24) is 0 Å². The minimum absolute atomic E-state index is 0.0344. The molecule has 0 spiro atoms. The van der Waals surface area contributed by atoms with Crippen LogP contribution in [-0.4, -0.2) is 19.3 Å². The highest BCUT2D eigenvalue weighted by molar-refractivity contribution is 7.98. The van der Waals surface area contributed by atoms with E-state index in [2.05, 4.69) is 6.07 Å². The Morgan fingerprint density at radius 3 is 2.56 bits per heavy atom. The zero-order chi connectivity index (χ0) is 22.7. The second-order valence-electron chi connectivity index (χ2n) is 6.99. The van der Waals surface area contributed by atoms with Crippen LogP contribution in [0.25, 0.3) is 0 Å². The molecule has 0 aromatic heterocycles. The highest BCUT2D eigenvalue weighted by Crippen LogP contribution is 2.43. The van der Waals surface area contributed by atoms with Gasteiger partial charge in [0, 0.05) is 16.5 Å². The molecule has 2 N–H and O–H groups in total. The van der Waals surface area contributed by atoms with Crippen molar-refractivity contribution in [3.63, 3.8) is 0 Å². The molecule has 7 heteroatoms. The summed E-state index contributed by atoms with van der Waals surface area (Å²) in [5.41, 5.74) is 8.42. The van der Waals surface area contributed by atoms with Crippen molar-refractivity contribution in [2.24, 2.45) is 5.73 Å². The van der Waals surface area contributed by atoms with Gasteiger partial charge in [0.05, 0.1) is 13.0 Å². The van der Waals surface area contributed by atoms with Gasteiger partial charge >= 0.3 is 5.97 Å². The quantitative estimate of drug-likeness (QED) is 0.341. The molecule has 3 aromatic rings. The molecule has 0 bridgehead atoms. The number of methoxy groups -OCH3 is 1. The predicted octanol–water partition coefficient (Wildman–Crippen LogP) is 4.85. The molecule has 160 valence electrons. The van der Waals surface area contributed by atoms with Crippen molar-refractivity contribution in [3.8, 4) is 23.3 Å². The van der Waals surface area contributed by atoms with Gasteiger partial charge in [-0.2, -0.15) is 5.26 Å². The zero-order valence-corrected chi connectivity index (χ0v) is 18.3. The third-order valence-electron chi connectivity index (χ3n) is 5.18. The molecule has 0 aliphatic carbocycles. The lowest BCUT2D eigenvalue weighted by Gasteiger charge is -2.26. The van der Waals surface area contributed by atoms with E-state index in [-0.39, 0.29) is 11.8 Å². The van der Waals surface area contributed by atoms with Crippen LogP contribution in [0, 0.1) is 11.3 Å². The Labute approximate surface area is 190 Å². The molecule has 0 radical (unpaired) electrons. The lowest BCUT2D eigenvalue weighted by molar-refractivity contribution is 0.0731. The second kappa shape index (κ2) is 9.08. The van der Waals surface area contributed by atoms with E-state index in [1.165, 1.54) is 7.11 Å². The lowest BCUT2D eigenvalue weighted by Crippen LogP contribution is -2.21. The summed E-state index contributed by atoms with van der Waals surface area (Å²) in [7, 11) is 1.49. The first-order valence-corrected chi connectivity index (χ1v) is 11.0. The van der Waals surface area contributed by atoms with Crippen LogP contribution in [0.1, 0.15) is 27.4 Å². The Bertz CT molecular complexity index is 1250. The Balaban J connectivity index is 1.68. The summed E-state index contributed by atoms with van der Waals surface area (Å²) in [5.74, 6) is 0.260. The van der Waals surface area contributed by atoms with E-state index in [9.17, 15) is 10.1 Å². The number of nitrogens with two attached hydrogens (primary N) is 1. The number of benzene rings is 3. The van der Waals surface area contributed by atoms with Gasteiger partial charge in [-0.1, -0.05) is 30.3 Å². The van der Waals surface area contributed by atoms with Gasteiger partial charge in [0.2, 0.25) is 5.88 Å². The molecule has 0 fully saturated rings. The van der Waals surface area contributed by atoms with Gasteiger partial charge in [-0.25, -0.2) is 4.79 Å². The number of rotatable bonds is 5. The van der Waals surface area contributed by atoms with E-state index < -0.39 is 5.97 Å². The van der Waals surface area contributed by atoms with E-state index in [4.69, 9.17) is 19.9 Å². The molecule has 0 saturated heterocycles. The van der Waals surface area contributed by atoms with Crippen LogP contribution in [0.5, 0.6) is 17.2 Å². The fraction of sp³-hybridized carbons (Fsp3) is 0.120. The second-order valence-corrected chi connectivity index (χ2v) is 7.87. The molecule has 1 unspecified atom stereocenters. The Morgan fingerprint density at radius 2 is 1.88 bits per heavy atom. The number of para-hydroxylation sites is 1. The first-order valence-electron chi connectivity index (χ1n) is 9.76. The van der Waals surface area contributed by atoms with Crippen molar-refractivity contribution in [2.75, 3.05) is 13.4 Å². The molecule has 0 saturated carbocycles. The highest BCUT2D eigenvalue weighted by Gasteiger charge is 2.31. The first-order chi connectivity index (χ1) is 15.5. The Kier molecular flexibility index (Phi) is 6.06. The summed E-state index contributed by atoms with van der Waals surface area (Å²) >= 11 is 1.64. The molecule has 1 atom stereocenters. The predicted molar refractivity (Wildman–Crippen MR) is 122 cm³/mol. The maximum absolute atomic E-state index is 12.6. The van der Waals surface area contributed by atoms with E-state index in [0.29, 0.717) is 28.4 Å². The normalized spacial score (nSPS) is 14.7. The molecular weight excluding hydrogens is 424 g/mol. The van der Waals surface area contributed by atoms with Crippen LogP contribution >= 0.6 is 11.8 Å². The van der Waals surface area contributed by atoms with Crippen molar-refractivity contribution < 1.29 is 19.0 Å². The number of allylic oxidation sites excluding steroid dienone is 1. The van der Waals surface area contributed by atoms with Gasteiger partial charge in [-0.15, -0.1) is 11.8 Å². The van der Waals surface area contributed by atoms with Crippen molar-refractivity contribution in [1.29, 1.82) is 5.26 Å². The number of carbonyl (C=O) groups is 1.